The third-order valence-electron chi connectivity index (χ3n) is 3.28. The smallest absolute Gasteiger partial charge is 0.200 e. The lowest BCUT2D eigenvalue weighted by molar-refractivity contribution is 0.340. The highest BCUT2D eigenvalue weighted by Crippen LogP contribution is 2.36. The molecular weight excluding hydrogens is 280 g/mol. The molecule has 22 heavy (non-hydrogen) atoms. The van der Waals surface area contributed by atoms with Gasteiger partial charge in [-0.2, -0.15) is 5.10 Å². The summed E-state index contributed by atoms with van der Waals surface area (Å²) >= 11 is 0. The molecular formula is C17H20N2O3. The van der Waals surface area contributed by atoms with Crippen molar-refractivity contribution in [3.8, 4) is 17.2 Å². The number of nitrogens with zero attached hydrogens (tertiary/aromatic N) is 1. The lowest BCUT2D eigenvalue weighted by Crippen LogP contribution is -1.95. The molecule has 0 aliphatic heterocycles. The largest absolute Gasteiger partial charge is 0.502 e. The van der Waals surface area contributed by atoms with Crippen LogP contribution in [0.15, 0.2) is 35.4 Å². The first-order chi connectivity index (χ1) is 10.5. The zero-order valence-corrected chi connectivity index (χ0v) is 13.2. The molecule has 0 atom stereocenters. The second-order valence-corrected chi connectivity index (χ2v) is 4.96. The van der Waals surface area contributed by atoms with Crippen LogP contribution in [0, 0.1) is 13.8 Å². The molecule has 0 radical (unpaired) electrons. The van der Waals surface area contributed by atoms with Crippen LogP contribution >= 0.6 is 0 Å². The summed E-state index contributed by atoms with van der Waals surface area (Å²) in [5, 5.41) is 14.1. The number of hydrogen-bond acceptors (Lipinski definition) is 5. The Morgan fingerprint density at radius 3 is 2.23 bits per heavy atom. The fourth-order valence-corrected chi connectivity index (χ4v) is 2.10. The van der Waals surface area contributed by atoms with Gasteiger partial charge in [-0.05, 0) is 37.6 Å². The zero-order chi connectivity index (χ0) is 16.1. The Hall–Kier alpha value is -2.69. The number of nitrogens with one attached hydrogen (secondary N) is 1. The Labute approximate surface area is 130 Å². The van der Waals surface area contributed by atoms with E-state index in [0.29, 0.717) is 11.5 Å². The Kier molecular flexibility index (Phi) is 4.88. The average molecular weight is 300 g/mol. The van der Waals surface area contributed by atoms with E-state index in [4.69, 9.17) is 9.47 Å². The normalized spacial score (nSPS) is 10.7. The molecule has 0 amide bonds. The van der Waals surface area contributed by atoms with Crippen molar-refractivity contribution in [3.05, 3.63) is 47.0 Å². The number of aryl methyl sites for hydroxylation is 2. The van der Waals surface area contributed by atoms with Crippen LogP contribution in [0.5, 0.6) is 17.2 Å². The van der Waals surface area contributed by atoms with Crippen LogP contribution < -0.4 is 14.9 Å². The minimum Gasteiger partial charge on any atom is -0.502 e. The summed E-state index contributed by atoms with van der Waals surface area (Å²) in [7, 11) is 2.98. The summed E-state index contributed by atoms with van der Waals surface area (Å²) in [6, 6.07) is 9.47. The van der Waals surface area contributed by atoms with Crippen LogP contribution in [0.4, 0.5) is 5.69 Å². The number of hydrogen-bond donors (Lipinski definition) is 2. The third kappa shape index (κ3) is 3.49. The van der Waals surface area contributed by atoms with Crippen molar-refractivity contribution in [2.45, 2.75) is 13.8 Å². The Morgan fingerprint density at radius 2 is 1.68 bits per heavy atom. The summed E-state index contributed by atoms with van der Waals surface area (Å²) in [5.74, 6) is 0.657. The maximum absolute atomic E-state index is 9.87. The van der Waals surface area contributed by atoms with Gasteiger partial charge in [-0.15, -0.1) is 0 Å². The van der Waals surface area contributed by atoms with Gasteiger partial charge in [-0.25, -0.2) is 0 Å². The molecule has 0 heterocycles. The Balaban J connectivity index is 2.19. The van der Waals surface area contributed by atoms with Crippen LogP contribution in [0.3, 0.4) is 0 Å². The molecule has 0 aromatic heterocycles. The minimum absolute atomic E-state index is 0.0236. The number of rotatable bonds is 5. The molecule has 0 saturated carbocycles. The van der Waals surface area contributed by atoms with Crippen molar-refractivity contribution in [2.24, 2.45) is 5.10 Å². The number of phenols is 1. The van der Waals surface area contributed by atoms with Crippen LogP contribution in [0.25, 0.3) is 0 Å². The average Bonchev–Trinajstić information content (AvgIpc) is 2.50. The van der Waals surface area contributed by atoms with Crippen LogP contribution in [0.2, 0.25) is 0 Å². The van der Waals surface area contributed by atoms with E-state index in [2.05, 4.69) is 23.5 Å². The van der Waals surface area contributed by atoms with Crippen LogP contribution in [0.1, 0.15) is 16.7 Å². The number of ether oxygens (including phenoxy) is 2. The molecule has 116 valence electrons. The molecule has 5 heteroatoms. The number of methoxy groups -OCH3 is 2. The molecule has 0 unspecified atom stereocenters. The summed E-state index contributed by atoms with van der Waals surface area (Å²) in [4.78, 5) is 0. The summed E-state index contributed by atoms with van der Waals surface area (Å²) < 4.78 is 10.2. The zero-order valence-electron chi connectivity index (χ0n) is 13.2. The molecule has 2 aromatic rings. The fourth-order valence-electron chi connectivity index (χ4n) is 2.10. The molecule has 2 N–H and O–H groups in total. The fraction of sp³-hybridized carbons (Fsp3) is 0.235. The molecule has 0 aliphatic rings. The third-order valence-corrected chi connectivity index (χ3v) is 3.28. The van der Waals surface area contributed by atoms with E-state index in [0.717, 1.165) is 16.8 Å². The van der Waals surface area contributed by atoms with Gasteiger partial charge in [0.25, 0.3) is 0 Å². The quantitative estimate of drug-likeness (QED) is 0.655. The number of hydrazone groups is 1. The molecule has 0 spiro atoms. The monoisotopic (exact) mass is 300 g/mol. The first-order valence-corrected chi connectivity index (χ1v) is 6.86. The molecule has 5 nitrogen and oxygen atoms in total. The number of anilines is 1. The highest BCUT2D eigenvalue weighted by molar-refractivity contribution is 5.83. The minimum atomic E-state index is -0.0236. The molecule has 0 bridgehead atoms. The van der Waals surface area contributed by atoms with Gasteiger partial charge in [0, 0.05) is 5.56 Å². The van der Waals surface area contributed by atoms with Gasteiger partial charge in [0.1, 0.15) is 0 Å². The van der Waals surface area contributed by atoms with Gasteiger partial charge in [-0.1, -0.05) is 17.7 Å². The van der Waals surface area contributed by atoms with E-state index in [-0.39, 0.29) is 5.75 Å². The van der Waals surface area contributed by atoms with Gasteiger partial charge in [0.2, 0.25) is 5.75 Å². The van der Waals surface area contributed by atoms with Crippen LogP contribution in [-0.4, -0.2) is 25.5 Å². The van der Waals surface area contributed by atoms with E-state index in [1.54, 1.807) is 18.3 Å². The second kappa shape index (κ2) is 6.85. The van der Waals surface area contributed by atoms with Crippen molar-refractivity contribution < 1.29 is 14.6 Å². The number of aromatic hydroxyl groups is 1. The Bertz CT molecular complexity index is 671. The topological polar surface area (TPSA) is 63.1 Å². The van der Waals surface area contributed by atoms with Gasteiger partial charge in [0.05, 0.1) is 26.1 Å². The summed E-state index contributed by atoms with van der Waals surface area (Å²) in [6.45, 7) is 4.08. The number of benzene rings is 2. The predicted octanol–water partition coefficient (Wildman–Crippen LogP) is 3.47. The van der Waals surface area contributed by atoms with Crippen molar-refractivity contribution in [1.82, 2.24) is 0 Å². The van der Waals surface area contributed by atoms with Gasteiger partial charge in [-0.3, -0.25) is 5.43 Å². The molecule has 0 fully saturated rings. The second-order valence-electron chi connectivity index (χ2n) is 4.96. The van der Waals surface area contributed by atoms with Crippen molar-refractivity contribution in [3.63, 3.8) is 0 Å². The lowest BCUT2D eigenvalue weighted by Gasteiger charge is -2.09. The van der Waals surface area contributed by atoms with Crippen molar-refractivity contribution >= 4 is 11.9 Å². The maximum atomic E-state index is 9.87. The van der Waals surface area contributed by atoms with Crippen LogP contribution in [-0.2, 0) is 0 Å². The molecule has 2 aromatic carbocycles. The summed E-state index contributed by atoms with van der Waals surface area (Å²) in [6.07, 6.45) is 1.64. The highest BCUT2D eigenvalue weighted by Gasteiger charge is 2.10. The lowest BCUT2D eigenvalue weighted by atomic mass is 10.1. The SMILES string of the molecule is COc1cc(C=NNc2ccc(C)cc2C)cc(OC)c1O. The predicted molar refractivity (Wildman–Crippen MR) is 88.3 cm³/mol. The van der Waals surface area contributed by atoms with E-state index in [9.17, 15) is 5.11 Å². The molecule has 0 saturated heterocycles. The summed E-state index contributed by atoms with van der Waals surface area (Å²) in [5.41, 5.74) is 7.03. The first-order valence-electron chi connectivity index (χ1n) is 6.86. The van der Waals surface area contributed by atoms with E-state index in [1.165, 1.54) is 19.8 Å². The van der Waals surface area contributed by atoms with Crippen molar-refractivity contribution in [2.75, 3.05) is 19.6 Å². The van der Waals surface area contributed by atoms with Gasteiger partial charge in [0.15, 0.2) is 11.5 Å². The van der Waals surface area contributed by atoms with Crippen molar-refractivity contribution in [1.29, 1.82) is 0 Å². The Morgan fingerprint density at radius 1 is 1.05 bits per heavy atom. The van der Waals surface area contributed by atoms with Gasteiger partial charge < -0.3 is 14.6 Å². The van der Waals surface area contributed by atoms with Gasteiger partial charge >= 0.3 is 0 Å². The highest BCUT2D eigenvalue weighted by atomic mass is 16.5. The standard InChI is InChI=1S/C17H20N2O3/c1-11-5-6-14(12(2)7-11)19-18-10-13-8-15(21-3)17(20)16(9-13)22-4/h5-10,19-20H,1-4H3. The van der Waals surface area contributed by atoms with E-state index < -0.39 is 0 Å². The first kappa shape index (κ1) is 15.7. The molecule has 0 aliphatic carbocycles. The molecule has 2 rings (SSSR count). The number of phenolic OH excluding ortho intramolecular Hbond substituents is 1. The van der Waals surface area contributed by atoms with E-state index >= 15 is 0 Å². The maximum Gasteiger partial charge on any atom is 0.200 e. The van der Waals surface area contributed by atoms with E-state index in [1.807, 2.05) is 19.1 Å².